The second-order valence-electron chi connectivity index (χ2n) is 7.94. The van der Waals surface area contributed by atoms with Gasteiger partial charge < -0.3 is 10.3 Å². The summed E-state index contributed by atoms with van der Waals surface area (Å²) in [6.07, 6.45) is 0.223. The molecule has 0 saturated heterocycles. The van der Waals surface area contributed by atoms with E-state index in [9.17, 15) is 14.4 Å². The molecule has 6 nitrogen and oxygen atoms in total. The maximum Gasteiger partial charge on any atom is 0.262 e. The van der Waals surface area contributed by atoms with Gasteiger partial charge in [0.1, 0.15) is 6.04 Å². The van der Waals surface area contributed by atoms with Crippen LogP contribution in [0.5, 0.6) is 0 Å². The molecule has 1 unspecified atom stereocenters. The maximum absolute atomic E-state index is 13.5. The van der Waals surface area contributed by atoms with Crippen LogP contribution in [0.1, 0.15) is 32.0 Å². The topological polar surface area (TPSA) is 82.3 Å². The molecule has 3 amide bonds. The first kappa shape index (κ1) is 19.8. The summed E-state index contributed by atoms with van der Waals surface area (Å²) in [5.41, 5.74) is 4.02. The number of aromatic nitrogens is 1. The van der Waals surface area contributed by atoms with Gasteiger partial charge in [-0.25, -0.2) is 0 Å². The zero-order chi connectivity index (χ0) is 22.2. The van der Waals surface area contributed by atoms with Gasteiger partial charge in [-0.05, 0) is 42.8 Å². The number of carbonyl (C=O) groups is 3. The van der Waals surface area contributed by atoms with Gasteiger partial charge >= 0.3 is 0 Å². The molecule has 0 radical (unpaired) electrons. The number of imide groups is 1. The molecule has 1 aliphatic heterocycles. The summed E-state index contributed by atoms with van der Waals surface area (Å²) >= 11 is 0. The first-order valence-electron chi connectivity index (χ1n) is 10.4. The highest BCUT2D eigenvalue weighted by atomic mass is 16.2. The molecule has 5 rings (SSSR count). The van der Waals surface area contributed by atoms with Gasteiger partial charge in [0.15, 0.2) is 0 Å². The fraction of sp³-hybridized carbons (Fsp3) is 0.115. The number of aromatic amines is 1. The van der Waals surface area contributed by atoms with E-state index < -0.39 is 23.8 Å². The van der Waals surface area contributed by atoms with Crippen LogP contribution in [0.3, 0.4) is 0 Å². The Morgan fingerprint density at radius 2 is 1.56 bits per heavy atom. The zero-order valence-electron chi connectivity index (χ0n) is 17.5. The van der Waals surface area contributed by atoms with E-state index in [4.69, 9.17) is 0 Å². The number of fused-ring (bicyclic) bond motifs is 2. The minimum atomic E-state index is -0.986. The van der Waals surface area contributed by atoms with Gasteiger partial charge in [-0.1, -0.05) is 48.5 Å². The number of carbonyl (C=O) groups excluding carboxylic acids is 3. The number of anilines is 1. The molecule has 4 aromatic rings. The lowest BCUT2D eigenvalue weighted by atomic mass is 10.0. The highest BCUT2D eigenvalue weighted by Gasteiger charge is 2.42. The smallest absolute Gasteiger partial charge is 0.262 e. The summed E-state index contributed by atoms with van der Waals surface area (Å²) in [5.74, 6) is -1.30. The molecule has 0 saturated carbocycles. The van der Waals surface area contributed by atoms with Gasteiger partial charge in [-0.2, -0.15) is 0 Å². The number of aryl methyl sites for hydroxylation is 1. The first-order valence-corrected chi connectivity index (χ1v) is 10.4. The van der Waals surface area contributed by atoms with Crippen molar-refractivity contribution in [3.05, 3.63) is 101 Å². The zero-order valence-corrected chi connectivity index (χ0v) is 17.5. The SMILES string of the molecule is Cc1cc2c(NC(=O)C(Cc3ccccc3)N3C(=O)c4ccccc4C3=O)cccc2[nH]1. The van der Waals surface area contributed by atoms with Gasteiger partial charge in [0.2, 0.25) is 5.91 Å². The number of nitrogens with one attached hydrogen (secondary N) is 2. The summed E-state index contributed by atoms with van der Waals surface area (Å²) in [7, 11) is 0. The normalized spacial score (nSPS) is 14.0. The Kier molecular flexibility index (Phi) is 4.82. The number of rotatable bonds is 5. The Hall–Kier alpha value is -4.19. The number of nitrogens with zero attached hydrogens (tertiary/aromatic N) is 1. The van der Waals surface area contributed by atoms with E-state index in [1.165, 1.54) is 0 Å². The quantitative estimate of drug-likeness (QED) is 0.469. The van der Waals surface area contributed by atoms with Crippen molar-refractivity contribution in [2.45, 2.75) is 19.4 Å². The number of hydrogen-bond donors (Lipinski definition) is 2. The molecule has 0 aliphatic carbocycles. The van der Waals surface area contributed by atoms with E-state index in [1.807, 2.05) is 61.5 Å². The van der Waals surface area contributed by atoms with Gasteiger partial charge in [0.05, 0.1) is 16.8 Å². The molecule has 1 aromatic heterocycles. The molecule has 2 heterocycles. The summed E-state index contributed by atoms with van der Waals surface area (Å²) < 4.78 is 0. The minimum absolute atomic E-state index is 0.223. The molecule has 32 heavy (non-hydrogen) atoms. The van der Waals surface area contributed by atoms with E-state index in [0.29, 0.717) is 16.8 Å². The average Bonchev–Trinajstić information content (AvgIpc) is 3.30. The highest BCUT2D eigenvalue weighted by Crippen LogP contribution is 2.28. The lowest BCUT2D eigenvalue weighted by Crippen LogP contribution is -2.48. The molecule has 0 fully saturated rings. The van der Waals surface area contributed by atoms with E-state index in [1.54, 1.807) is 24.3 Å². The third kappa shape index (κ3) is 3.36. The summed E-state index contributed by atoms with van der Waals surface area (Å²) in [5, 5.41) is 3.83. The Morgan fingerprint density at radius 3 is 2.25 bits per heavy atom. The predicted octanol–water partition coefficient (Wildman–Crippen LogP) is 4.32. The van der Waals surface area contributed by atoms with Crippen molar-refractivity contribution in [1.29, 1.82) is 0 Å². The van der Waals surface area contributed by atoms with Crippen LogP contribution in [0.2, 0.25) is 0 Å². The molecular weight excluding hydrogens is 402 g/mol. The van der Waals surface area contributed by atoms with Crippen LogP contribution < -0.4 is 5.32 Å². The van der Waals surface area contributed by atoms with Gasteiger partial charge in [0.25, 0.3) is 11.8 Å². The average molecular weight is 423 g/mol. The van der Waals surface area contributed by atoms with Gasteiger partial charge in [-0.15, -0.1) is 0 Å². The fourth-order valence-corrected chi connectivity index (χ4v) is 4.25. The van der Waals surface area contributed by atoms with E-state index >= 15 is 0 Å². The van der Waals surface area contributed by atoms with Crippen LogP contribution in [0.4, 0.5) is 5.69 Å². The fourth-order valence-electron chi connectivity index (χ4n) is 4.25. The third-order valence-corrected chi connectivity index (χ3v) is 5.77. The Balaban J connectivity index is 1.52. The monoisotopic (exact) mass is 423 g/mol. The van der Waals surface area contributed by atoms with Crippen LogP contribution in [0.25, 0.3) is 10.9 Å². The van der Waals surface area contributed by atoms with Crippen LogP contribution >= 0.6 is 0 Å². The van der Waals surface area contributed by atoms with Crippen LogP contribution in [0, 0.1) is 6.92 Å². The van der Waals surface area contributed by atoms with Crippen molar-refractivity contribution >= 4 is 34.3 Å². The molecule has 6 heteroatoms. The Labute approximate surface area is 184 Å². The third-order valence-electron chi connectivity index (χ3n) is 5.77. The first-order chi connectivity index (χ1) is 15.5. The molecule has 158 valence electrons. The van der Waals surface area contributed by atoms with E-state index in [0.717, 1.165) is 27.1 Å². The minimum Gasteiger partial charge on any atom is -0.359 e. The largest absolute Gasteiger partial charge is 0.359 e. The second-order valence-corrected chi connectivity index (χ2v) is 7.94. The number of amides is 3. The van der Waals surface area contributed by atoms with Crippen LogP contribution in [-0.2, 0) is 11.2 Å². The lowest BCUT2D eigenvalue weighted by molar-refractivity contribution is -0.119. The molecule has 1 aliphatic rings. The standard InChI is InChI=1S/C26H21N3O3/c1-16-14-20-21(27-16)12-7-13-22(20)28-24(30)23(15-17-8-3-2-4-9-17)29-25(31)18-10-5-6-11-19(18)26(29)32/h2-14,23,27H,15H2,1H3,(H,28,30). The van der Waals surface area contributed by atoms with Crippen molar-refractivity contribution in [1.82, 2.24) is 9.88 Å². The molecule has 0 bridgehead atoms. The van der Waals surface area contributed by atoms with Crippen molar-refractivity contribution in [2.24, 2.45) is 0 Å². The number of benzene rings is 3. The Bertz CT molecular complexity index is 1320. The molecule has 2 N–H and O–H groups in total. The molecule has 1 atom stereocenters. The summed E-state index contributed by atoms with van der Waals surface area (Å²) in [6.45, 7) is 1.95. The van der Waals surface area contributed by atoms with Crippen molar-refractivity contribution < 1.29 is 14.4 Å². The van der Waals surface area contributed by atoms with Gasteiger partial charge in [-0.3, -0.25) is 19.3 Å². The summed E-state index contributed by atoms with van der Waals surface area (Å²) in [4.78, 5) is 44.1. The second kappa shape index (κ2) is 7.81. The summed E-state index contributed by atoms with van der Waals surface area (Å²) in [6, 6.07) is 22.6. The molecule has 3 aromatic carbocycles. The highest BCUT2D eigenvalue weighted by molar-refractivity contribution is 6.23. The molecular formula is C26H21N3O3. The van der Waals surface area contributed by atoms with E-state index in [2.05, 4.69) is 10.3 Å². The van der Waals surface area contributed by atoms with Crippen molar-refractivity contribution in [2.75, 3.05) is 5.32 Å². The number of hydrogen-bond acceptors (Lipinski definition) is 3. The van der Waals surface area contributed by atoms with E-state index in [-0.39, 0.29) is 6.42 Å². The number of H-pyrrole nitrogens is 1. The Morgan fingerprint density at radius 1 is 0.906 bits per heavy atom. The van der Waals surface area contributed by atoms with Crippen molar-refractivity contribution in [3.8, 4) is 0 Å². The van der Waals surface area contributed by atoms with Gasteiger partial charge in [0, 0.05) is 23.0 Å². The van der Waals surface area contributed by atoms with Crippen LogP contribution in [-0.4, -0.2) is 33.6 Å². The lowest BCUT2D eigenvalue weighted by Gasteiger charge is -2.25. The molecule has 0 spiro atoms. The van der Waals surface area contributed by atoms with Crippen molar-refractivity contribution in [3.63, 3.8) is 0 Å². The maximum atomic E-state index is 13.5. The van der Waals surface area contributed by atoms with Crippen LogP contribution in [0.15, 0.2) is 78.9 Å². The predicted molar refractivity (Wildman–Crippen MR) is 123 cm³/mol.